The lowest BCUT2D eigenvalue weighted by Crippen LogP contribution is -2.13. The highest BCUT2D eigenvalue weighted by Crippen LogP contribution is 2.29. The van der Waals surface area contributed by atoms with Gasteiger partial charge in [-0.05, 0) is 51.8 Å². The van der Waals surface area contributed by atoms with E-state index in [1.165, 1.54) is 13.8 Å². The Morgan fingerprint density at radius 1 is 1.06 bits per heavy atom. The first kappa shape index (κ1) is 25.7. The van der Waals surface area contributed by atoms with Gasteiger partial charge in [0.05, 0.1) is 23.3 Å². The molecule has 7 heteroatoms. The predicted molar refractivity (Wildman–Crippen MR) is 143 cm³/mol. The molecular formula is C28H33FN6. The van der Waals surface area contributed by atoms with Crippen LogP contribution in [0.2, 0.25) is 0 Å². The van der Waals surface area contributed by atoms with Crippen molar-refractivity contribution in [3.8, 4) is 11.1 Å². The minimum absolute atomic E-state index is 0.522. The Morgan fingerprint density at radius 3 is 2.29 bits per heavy atom. The maximum atomic E-state index is 14.5. The Kier molecular flexibility index (Phi) is 8.12. The van der Waals surface area contributed by atoms with Crippen LogP contribution in [0.25, 0.3) is 11.1 Å². The van der Waals surface area contributed by atoms with Crippen LogP contribution in [0.15, 0.2) is 78.0 Å². The Labute approximate surface area is 207 Å². The molecule has 0 unspecified atom stereocenters. The van der Waals surface area contributed by atoms with E-state index >= 15 is 0 Å². The summed E-state index contributed by atoms with van der Waals surface area (Å²) < 4.78 is 14.5. The van der Waals surface area contributed by atoms with Gasteiger partial charge in [0.2, 0.25) is 5.95 Å². The topological polar surface area (TPSA) is 75.1 Å². The lowest BCUT2D eigenvalue weighted by Gasteiger charge is -2.19. The predicted octanol–water partition coefficient (Wildman–Crippen LogP) is 6.63. The van der Waals surface area contributed by atoms with Crippen LogP contribution in [-0.4, -0.2) is 27.7 Å². The van der Waals surface area contributed by atoms with Crippen molar-refractivity contribution in [3.63, 3.8) is 0 Å². The van der Waals surface area contributed by atoms with Crippen molar-refractivity contribution in [1.82, 2.24) is 15.0 Å². The van der Waals surface area contributed by atoms with Crippen molar-refractivity contribution in [2.45, 2.75) is 46.7 Å². The molecule has 0 fully saturated rings. The van der Waals surface area contributed by atoms with Gasteiger partial charge in [-0.3, -0.25) is 9.98 Å². The molecule has 1 aromatic carbocycles. The van der Waals surface area contributed by atoms with Gasteiger partial charge < -0.3 is 10.6 Å². The second-order valence-electron chi connectivity index (χ2n) is 8.86. The monoisotopic (exact) mass is 472 g/mol. The van der Waals surface area contributed by atoms with Crippen LogP contribution in [0.4, 0.5) is 16.0 Å². The fraction of sp³-hybridized carbons (Fsp3) is 0.286. The summed E-state index contributed by atoms with van der Waals surface area (Å²) in [5.41, 5.74) is 6.14. The zero-order valence-electron chi connectivity index (χ0n) is 21.3. The molecule has 0 aliphatic carbocycles. The molecular weight excluding hydrogens is 439 g/mol. The van der Waals surface area contributed by atoms with Gasteiger partial charge in [-0.15, -0.1) is 0 Å². The number of aromatic nitrogens is 3. The Bertz CT molecular complexity index is 1240. The van der Waals surface area contributed by atoms with Gasteiger partial charge in [0.15, 0.2) is 0 Å². The zero-order chi connectivity index (χ0) is 25.6. The highest BCUT2D eigenvalue weighted by molar-refractivity contribution is 6.00. The second kappa shape index (κ2) is 11.0. The molecule has 6 nitrogen and oxygen atoms in total. The summed E-state index contributed by atoms with van der Waals surface area (Å²) in [5, 5.41) is 6.44. The number of hydrogen-bond donors (Lipinski definition) is 2. The number of rotatable bonds is 9. The van der Waals surface area contributed by atoms with E-state index in [-0.39, 0.29) is 0 Å². The van der Waals surface area contributed by atoms with Gasteiger partial charge in [0, 0.05) is 48.4 Å². The van der Waals surface area contributed by atoms with Crippen molar-refractivity contribution >= 4 is 17.3 Å². The first-order chi connectivity index (χ1) is 16.6. The first-order valence-electron chi connectivity index (χ1n) is 11.5. The molecule has 0 saturated carbocycles. The van der Waals surface area contributed by atoms with Crippen LogP contribution in [-0.2, 0) is 12.1 Å². The molecule has 2 heterocycles. The summed E-state index contributed by atoms with van der Waals surface area (Å²) >= 11 is 0. The number of allylic oxidation sites excluding steroid dienone is 3. The maximum Gasteiger partial charge on any atom is 0.227 e. The fourth-order valence-corrected chi connectivity index (χ4v) is 3.67. The third-order valence-corrected chi connectivity index (χ3v) is 5.67. The number of aryl methyl sites for hydroxylation is 1. The molecule has 0 amide bonds. The normalized spacial score (nSPS) is 12.4. The second-order valence-corrected chi connectivity index (χ2v) is 8.86. The Balaban J connectivity index is 1.64. The number of hydrogen-bond acceptors (Lipinski definition) is 6. The molecule has 0 aliphatic heterocycles. The molecule has 2 N–H and O–H groups in total. The van der Waals surface area contributed by atoms with E-state index in [4.69, 9.17) is 0 Å². The van der Waals surface area contributed by atoms with E-state index in [1.54, 1.807) is 31.7 Å². The molecule has 0 aliphatic rings. The minimum Gasteiger partial charge on any atom is -0.358 e. The van der Waals surface area contributed by atoms with E-state index in [1.807, 2.05) is 39.0 Å². The van der Waals surface area contributed by atoms with Crippen molar-refractivity contribution < 1.29 is 4.39 Å². The van der Waals surface area contributed by atoms with E-state index in [9.17, 15) is 4.39 Å². The number of aliphatic imine (C=N–C) groups is 1. The number of halogens is 1. The van der Waals surface area contributed by atoms with Crippen molar-refractivity contribution in [3.05, 3.63) is 89.8 Å². The van der Waals surface area contributed by atoms with Crippen LogP contribution < -0.4 is 10.6 Å². The van der Waals surface area contributed by atoms with Crippen LogP contribution in [0.5, 0.6) is 0 Å². The van der Waals surface area contributed by atoms with Gasteiger partial charge in [0.25, 0.3) is 0 Å². The van der Waals surface area contributed by atoms with E-state index in [2.05, 4.69) is 49.3 Å². The molecule has 0 atom stereocenters. The zero-order valence-corrected chi connectivity index (χ0v) is 21.3. The molecule has 3 rings (SSSR count). The van der Waals surface area contributed by atoms with Crippen molar-refractivity contribution in [2.24, 2.45) is 4.99 Å². The number of nitrogens with one attached hydrogen (secondary N) is 2. The molecule has 0 spiro atoms. The van der Waals surface area contributed by atoms with Crippen LogP contribution in [0.3, 0.4) is 0 Å². The summed E-state index contributed by atoms with van der Waals surface area (Å²) in [4.78, 5) is 17.4. The molecule has 2 aromatic heterocycles. The molecule has 0 bridgehead atoms. The number of benzene rings is 1. The average Bonchev–Trinajstić information content (AvgIpc) is 2.83. The number of alkyl halides is 1. The van der Waals surface area contributed by atoms with E-state index in [0.29, 0.717) is 23.6 Å². The lowest BCUT2D eigenvalue weighted by molar-refractivity contribution is 0.219. The van der Waals surface area contributed by atoms with Crippen LogP contribution in [0, 0.1) is 6.92 Å². The first-order valence-corrected chi connectivity index (χ1v) is 11.5. The van der Waals surface area contributed by atoms with Crippen molar-refractivity contribution in [1.29, 1.82) is 0 Å². The summed E-state index contributed by atoms with van der Waals surface area (Å²) in [6, 6.07) is 9.98. The highest BCUT2D eigenvalue weighted by atomic mass is 19.1. The maximum absolute atomic E-state index is 14.5. The van der Waals surface area contributed by atoms with E-state index < -0.39 is 5.67 Å². The number of nitrogens with zero attached hydrogens (tertiary/aromatic N) is 4. The summed E-state index contributed by atoms with van der Waals surface area (Å²) in [6.45, 7) is 12.9. The summed E-state index contributed by atoms with van der Waals surface area (Å²) in [5.74, 6) is 0.522. The van der Waals surface area contributed by atoms with Gasteiger partial charge in [-0.1, -0.05) is 36.9 Å². The molecule has 35 heavy (non-hydrogen) atoms. The van der Waals surface area contributed by atoms with Gasteiger partial charge in [0.1, 0.15) is 5.67 Å². The highest BCUT2D eigenvalue weighted by Gasteiger charge is 2.22. The third-order valence-electron chi connectivity index (χ3n) is 5.67. The summed E-state index contributed by atoms with van der Waals surface area (Å²) in [6.07, 6.45) is 7.87. The molecule has 0 saturated heterocycles. The smallest absolute Gasteiger partial charge is 0.227 e. The Morgan fingerprint density at radius 2 is 1.71 bits per heavy atom. The molecule has 182 valence electrons. The number of pyridine rings is 1. The summed E-state index contributed by atoms with van der Waals surface area (Å²) in [7, 11) is 1.75. The fourth-order valence-electron chi connectivity index (χ4n) is 3.67. The SMILES string of the molecule is C=C(Cc1ccc(-c2cnc(N/C(=C/C)C(C)=NC)nc2)cc1)Nc1cnc(C)c(C(C)(C)F)c1. The van der Waals surface area contributed by atoms with Gasteiger partial charge >= 0.3 is 0 Å². The Hall–Kier alpha value is -3.87. The third kappa shape index (κ3) is 6.82. The van der Waals surface area contributed by atoms with Crippen molar-refractivity contribution in [2.75, 3.05) is 17.7 Å². The van der Waals surface area contributed by atoms with E-state index in [0.717, 1.165) is 39.5 Å². The minimum atomic E-state index is -1.46. The molecule has 0 radical (unpaired) electrons. The lowest BCUT2D eigenvalue weighted by atomic mass is 9.98. The quantitative estimate of drug-likeness (QED) is 0.342. The van der Waals surface area contributed by atoms with Crippen LogP contribution >= 0.6 is 0 Å². The van der Waals surface area contributed by atoms with Gasteiger partial charge in [-0.2, -0.15) is 0 Å². The van der Waals surface area contributed by atoms with Crippen LogP contribution in [0.1, 0.15) is 44.5 Å². The molecule has 3 aromatic rings. The largest absolute Gasteiger partial charge is 0.358 e. The number of anilines is 2. The standard InChI is InChI=1S/C28H33FN6/c1-8-26(20(4)30-7)35-27-32-15-23(16-33-27)22-11-9-21(10-12-22)13-18(2)34-24-14-25(28(5,6)29)19(3)31-17-24/h8-12,14-17,34H,2,13H2,1,3-7H3,(H,32,33,35)/b26-8+,30-20?. The van der Waals surface area contributed by atoms with Gasteiger partial charge in [-0.25, -0.2) is 14.4 Å². The average molecular weight is 473 g/mol.